The Morgan fingerprint density at radius 2 is 2.00 bits per heavy atom. The Balaban J connectivity index is 2.02. The van der Waals surface area contributed by atoms with Crippen LogP contribution in [-0.4, -0.2) is 41.1 Å². The van der Waals surface area contributed by atoms with Gasteiger partial charge in [-0.1, -0.05) is 11.8 Å². The van der Waals surface area contributed by atoms with Crippen molar-refractivity contribution in [2.24, 2.45) is 15.2 Å². The molecule has 1 aliphatic heterocycles. The molecule has 7 heteroatoms. The van der Waals surface area contributed by atoms with E-state index in [-0.39, 0.29) is 0 Å². The van der Waals surface area contributed by atoms with Crippen LogP contribution in [0.1, 0.15) is 13.8 Å². The maximum Gasteiger partial charge on any atom is 0.329 e. The molecule has 1 aliphatic rings. The molecule has 2 rings (SSSR count). The highest BCUT2D eigenvalue weighted by Crippen LogP contribution is 2.23. The Morgan fingerprint density at radius 3 is 2.52 bits per heavy atom. The van der Waals surface area contributed by atoms with E-state index in [0.717, 1.165) is 24.5 Å². The van der Waals surface area contributed by atoms with E-state index in [2.05, 4.69) is 34.0 Å². The summed E-state index contributed by atoms with van der Waals surface area (Å²) < 4.78 is 0. The number of hydrogen-bond acceptors (Lipinski definition) is 6. The standard InChI is InChI=1S/C14H18N4O2S/c1-3-18(4-2)11-7-5-10(6-8-11)16-17-14-15-12(9-21-14)13(19)20/h5-8,12H,3-4,9H2,1-2H3,(H,19,20)/b17-16+. The Morgan fingerprint density at radius 1 is 1.33 bits per heavy atom. The van der Waals surface area contributed by atoms with E-state index in [1.54, 1.807) is 0 Å². The summed E-state index contributed by atoms with van der Waals surface area (Å²) in [5.74, 6) is -0.499. The summed E-state index contributed by atoms with van der Waals surface area (Å²) in [6, 6.07) is 7.10. The quantitative estimate of drug-likeness (QED) is 0.848. The van der Waals surface area contributed by atoms with Gasteiger partial charge in [0.05, 0.1) is 5.69 Å². The summed E-state index contributed by atoms with van der Waals surface area (Å²) in [7, 11) is 0. The van der Waals surface area contributed by atoms with E-state index in [1.807, 2.05) is 24.3 Å². The van der Waals surface area contributed by atoms with E-state index >= 15 is 0 Å². The number of carboxylic acids is 1. The maximum atomic E-state index is 10.8. The number of carbonyl (C=O) groups is 1. The molecule has 1 aromatic rings. The van der Waals surface area contributed by atoms with Gasteiger partial charge in [0.1, 0.15) is 0 Å². The number of anilines is 1. The Kier molecular flexibility index (Phi) is 5.32. The van der Waals surface area contributed by atoms with Gasteiger partial charge in [0.15, 0.2) is 6.04 Å². The van der Waals surface area contributed by atoms with Crippen molar-refractivity contribution >= 4 is 34.3 Å². The lowest BCUT2D eigenvalue weighted by atomic mass is 10.2. The van der Waals surface area contributed by atoms with E-state index in [0.29, 0.717) is 10.9 Å². The first-order valence-electron chi connectivity index (χ1n) is 6.84. The molecule has 1 heterocycles. The maximum absolute atomic E-state index is 10.8. The molecular weight excluding hydrogens is 288 g/mol. The van der Waals surface area contributed by atoms with Crippen molar-refractivity contribution in [3.05, 3.63) is 24.3 Å². The van der Waals surface area contributed by atoms with Crippen molar-refractivity contribution in [1.29, 1.82) is 0 Å². The van der Waals surface area contributed by atoms with Gasteiger partial charge >= 0.3 is 5.97 Å². The molecule has 0 radical (unpaired) electrons. The van der Waals surface area contributed by atoms with Crippen LogP contribution in [0, 0.1) is 0 Å². The summed E-state index contributed by atoms with van der Waals surface area (Å²) >= 11 is 1.31. The van der Waals surface area contributed by atoms with Crippen LogP contribution in [0.15, 0.2) is 39.5 Å². The van der Waals surface area contributed by atoms with Gasteiger partial charge in [0.2, 0.25) is 5.17 Å². The molecule has 0 amide bonds. The minimum atomic E-state index is -0.920. The van der Waals surface area contributed by atoms with Crippen LogP contribution in [0.25, 0.3) is 0 Å². The number of aliphatic imine (C=N–C) groups is 1. The first-order chi connectivity index (χ1) is 10.1. The average molecular weight is 306 g/mol. The fourth-order valence-electron chi connectivity index (χ4n) is 1.96. The first kappa shape index (κ1) is 15.5. The van der Waals surface area contributed by atoms with E-state index < -0.39 is 12.0 Å². The van der Waals surface area contributed by atoms with Gasteiger partial charge < -0.3 is 10.0 Å². The molecule has 0 spiro atoms. The highest BCUT2D eigenvalue weighted by molar-refractivity contribution is 8.14. The number of hydrogen-bond donors (Lipinski definition) is 1. The summed E-state index contributed by atoms with van der Waals surface area (Å²) in [6.07, 6.45) is 0. The lowest BCUT2D eigenvalue weighted by molar-refractivity contribution is -0.137. The molecule has 0 bridgehead atoms. The van der Waals surface area contributed by atoms with Gasteiger partial charge in [0.25, 0.3) is 0 Å². The monoisotopic (exact) mass is 306 g/mol. The van der Waals surface area contributed by atoms with Crippen molar-refractivity contribution in [2.45, 2.75) is 19.9 Å². The van der Waals surface area contributed by atoms with E-state index in [9.17, 15) is 4.79 Å². The fourth-order valence-corrected chi connectivity index (χ4v) is 2.79. The Hall–Kier alpha value is -1.89. The molecule has 0 aliphatic carbocycles. The second-order valence-corrected chi connectivity index (χ2v) is 5.45. The van der Waals surface area contributed by atoms with Gasteiger partial charge in [-0.15, -0.1) is 10.2 Å². The van der Waals surface area contributed by atoms with Crippen LogP contribution < -0.4 is 4.90 Å². The lowest BCUT2D eigenvalue weighted by Gasteiger charge is -2.20. The van der Waals surface area contributed by atoms with Crippen LogP contribution in [-0.2, 0) is 4.79 Å². The normalized spacial score (nSPS) is 18.0. The SMILES string of the molecule is CCN(CC)c1ccc(/N=N/C2=NC(C(=O)O)CS2)cc1. The zero-order chi connectivity index (χ0) is 15.2. The third-order valence-corrected chi connectivity index (χ3v) is 4.08. The van der Waals surface area contributed by atoms with Crippen LogP contribution in [0.5, 0.6) is 0 Å². The molecule has 21 heavy (non-hydrogen) atoms. The number of carboxylic acid groups (broad SMARTS) is 1. The number of amidine groups is 1. The van der Waals surface area contributed by atoms with Crippen molar-refractivity contribution < 1.29 is 9.90 Å². The topological polar surface area (TPSA) is 77.6 Å². The van der Waals surface area contributed by atoms with Crippen LogP contribution in [0.2, 0.25) is 0 Å². The summed E-state index contributed by atoms with van der Waals surface area (Å²) in [5.41, 5.74) is 1.88. The zero-order valence-corrected chi connectivity index (χ0v) is 12.9. The van der Waals surface area contributed by atoms with Crippen LogP contribution >= 0.6 is 11.8 Å². The lowest BCUT2D eigenvalue weighted by Crippen LogP contribution is -2.21. The first-order valence-corrected chi connectivity index (χ1v) is 7.82. The molecule has 1 N–H and O–H groups in total. The van der Waals surface area contributed by atoms with Gasteiger partial charge in [0, 0.05) is 24.5 Å². The Bertz CT molecular complexity index is 553. The molecule has 0 saturated heterocycles. The number of aliphatic carboxylic acids is 1. The van der Waals surface area contributed by atoms with Crippen LogP contribution in [0.4, 0.5) is 11.4 Å². The molecule has 112 valence electrons. The average Bonchev–Trinajstić information content (AvgIpc) is 2.97. The van der Waals surface area contributed by atoms with E-state index in [1.165, 1.54) is 11.8 Å². The zero-order valence-electron chi connectivity index (χ0n) is 12.1. The molecule has 1 atom stereocenters. The molecule has 0 fully saturated rings. The number of azo groups is 1. The second kappa shape index (κ2) is 7.21. The third-order valence-electron chi connectivity index (χ3n) is 3.15. The third kappa shape index (κ3) is 4.04. The van der Waals surface area contributed by atoms with E-state index in [4.69, 9.17) is 5.11 Å². The summed E-state index contributed by atoms with van der Waals surface area (Å²) in [5, 5.41) is 17.4. The smallest absolute Gasteiger partial charge is 0.329 e. The number of nitrogens with zero attached hydrogens (tertiary/aromatic N) is 4. The molecule has 6 nitrogen and oxygen atoms in total. The Labute approximate surface area is 128 Å². The van der Waals surface area contributed by atoms with Crippen LogP contribution in [0.3, 0.4) is 0 Å². The van der Waals surface area contributed by atoms with Gasteiger partial charge in [-0.25, -0.2) is 9.79 Å². The summed E-state index contributed by atoms with van der Waals surface area (Å²) in [6.45, 7) is 6.15. The predicted molar refractivity (Wildman–Crippen MR) is 85.8 cm³/mol. The second-order valence-electron chi connectivity index (χ2n) is 4.47. The highest BCUT2D eigenvalue weighted by atomic mass is 32.2. The minimum absolute atomic E-state index is 0.421. The highest BCUT2D eigenvalue weighted by Gasteiger charge is 2.24. The molecular formula is C14H18N4O2S. The van der Waals surface area contributed by atoms with Crippen molar-refractivity contribution in [1.82, 2.24) is 0 Å². The van der Waals surface area contributed by atoms with Gasteiger partial charge in [-0.3, -0.25) is 0 Å². The number of thioether (sulfide) groups is 1. The van der Waals surface area contributed by atoms with Gasteiger partial charge in [-0.05, 0) is 38.1 Å². The fraction of sp³-hybridized carbons (Fsp3) is 0.429. The minimum Gasteiger partial charge on any atom is -0.480 e. The molecule has 1 aromatic carbocycles. The summed E-state index contributed by atoms with van der Waals surface area (Å²) in [4.78, 5) is 17.0. The van der Waals surface area contributed by atoms with Crippen molar-refractivity contribution in [3.8, 4) is 0 Å². The van der Waals surface area contributed by atoms with Crippen molar-refractivity contribution in [2.75, 3.05) is 23.7 Å². The molecule has 1 unspecified atom stereocenters. The van der Waals surface area contributed by atoms with Gasteiger partial charge in [-0.2, -0.15) is 0 Å². The predicted octanol–water partition coefficient (Wildman–Crippen LogP) is 3.17. The number of benzene rings is 1. The van der Waals surface area contributed by atoms with Crippen molar-refractivity contribution in [3.63, 3.8) is 0 Å². The molecule has 0 saturated carbocycles. The molecule has 0 aromatic heterocycles. The number of rotatable bonds is 5. The largest absolute Gasteiger partial charge is 0.480 e.